The van der Waals surface area contributed by atoms with Gasteiger partial charge in [0.1, 0.15) is 5.82 Å². The van der Waals surface area contributed by atoms with Crippen molar-refractivity contribution in [2.45, 2.75) is 44.9 Å². The summed E-state index contributed by atoms with van der Waals surface area (Å²) in [5, 5.41) is 5.37. The molecule has 0 aliphatic heterocycles. The number of thiazole rings is 1. The molecule has 1 aliphatic rings. The highest BCUT2D eigenvalue weighted by Crippen LogP contribution is 2.28. The Morgan fingerprint density at radius 1 is 1.22 bits per heavy atom. The Morgan fingerprint density at radius 2 is 1.96 bits per heavy atom. The summed E-state index contributed by atoms with van der Waals surface area (Å²) in [5.41, 5.74) is 1.61. The molecule has 1 aliphatic carbocycles. The van der Waals surface area contributed by atoms with Gasteiger partial charge in [-0.3, -0.25) is 4.79 Å². The second-order valence-corrected chi connectivity index (χ2v) is 6.99. The summed E-state index contributed by atoms with van der Waals surface area (Å²) in [7, 11) is 0. The standard InChI is InChI=1S/C18H21FN2OS/c19-15-9-7-14(8-10-15)16-12-23-18(20-16)21-17(22)11-6-13-4-2-1-3-5-13/h7-10,12-13H,1-6,11H2,(H,20,21,22). The van der Waals surface area contributed by atoms with Crippen molar-refractivity contribution in [2.75, 3.05) is 5.32 Å². The maximum Gasteiger partial charge on any atom is 0.226 e. The van der Waals surface area contributed by atoms with Crippen molar-refractivity contribution in [1.29, 1.82) is 0 Å². The first-order chi connectivity index (χ1) is 11.2. The quantitative estimate of drug-likeness (QED) is 0.812. The molecule has 0 radical (unpaired) electrons. The van der Waals surface area contributed by atoms with E-state index in [0.717, 1.165) is 17.7 Å². The number of halogens is 1. The number of anilines is 1. The average Bonchev–Trinajstić information content (AvgIpc) is 3.03. The second kappa shape index (κ2) is 7.68. The fourth-order valence-electron chi connectivity index (χ4n) is 3.08. The van der Waals surface area contributed by atoms with Gasteiger partial charge < -0.3 is 5.32 Å². The van der Waals surface area contributed by atoms with Crippen molar-refractivity contribution in [3.8, 4) is 11.3 Å². The van der Waals surface area contributed by atoms with Crippen LogP contribution in [0.2, 0.25) is 0 Å². The maximum atomic E-state index is 12.9. The van der Waals surface area contributed by atoms with Crippen molar-refractivity contribution in [3.05, 3.63) is 35.5 Å². The molecule has 1 saturated carbocycles. The van der Waals surface area contributed by atoms with Crippen LogP contribution in [0.4, 0.5) is 9.52 Å². The Bertz CT molecular complexity index is 647. The van der Waals surface area contributed by atoms with Crippen LogP contribution in [0.1, 0.15) is 44.9 Å². The van der Waals surface area contributed by atoms with Crippen LogP contribution in [0, 0.1) is 11.7 Å². The molecule has 3 rings (SSSR count). The number of carbonyl (C=O) groups excluding carboxylic acids is 1. The fraction of sp³-hybridized carbons (Fsp3) is 0.444. The molecule has 1 heterocycles. The van der Waals surface area contributed by atoms with Gasteiger partial charge in [-0.1, -0.05) is 32.1 Å². The molecule has 0 bridgehead atoms. The van der Waals surface area contributed by atoms with Gasteiger partial charge in [0.15, 0.2) is 5.13 Å². The SMILES string of the molecule is O=C(CCC1CCCCC1)Nc1nc(-c2ccc(F)cc2)cs1. The van der Waals surface area contributed by atoms with Gasteiger partial charge in [-0.2, -0.15) is 0 Å². The Kier molecular flexibility index (Phi) is 5.39. The molecule has 122 valence electrons. The van der Waals surface area contributed by atoms with E-state index in [1.165, 1.54) is 55.6 Å². The molecule has 1 amide bonds. The molecule has 0 spiro atoms. The topological polar surface area (TPSA) is 42.0 Å². The molecule has 1 fully saturated rings. The van der Waals surface area contributed by atoms with E-state index >= 15 is 0 Å². The lowest BCUT2D eigenvalue weighted by molar-refractivity contribution is -0.116. The summed E-state index contributed by atoms with van der Waals surface area (Å²) in [6.45, 7) is 0. The van der Waals surface area contributed by atoms with E-state index in [4.69, 9.17) is 0 Å². The normalized spacial score (nSPS) is 15.5. The van der Waals surface area contributed by atoms with Gasteiger partial charge in [0.05, 0.1) is 5.69 Å². The van der Waals surface area contributed by atoms with Crippen LogP contribution in [-0.2, 0) is 4.79 Å². The molecule has 23 heavy (non-hydrogen) atoms. The van der Waals surface area contributed by atoms with Crippen LogP contribution in [0.25, 0.3) is 11.3 Å². The number of nitrogens with zero attached hydrogens (tertiary/aromatic N) is 1. The monoisotopic (exact) mass is 332 g/mol. The van der Waals surface area contributed by atoms with Gasteiger partial charge in [-0.05, 0) is 36.6 Å². The number of aromatic nitrogens is 1. The molecule has 0 atom stereocenters. The van der Waals surface area contributed by atoms with Gasteiger partial charge >= 0.3 is 0 Å². The average molecular weight is 332 g/mol. The highest BCUT2D eigenvalue weighted by Gasteiger charge is 2.15. The Morgan fingerprint density at radius 3 is 2.70 bits per heavy atom. The van der Waals surface area contributed by atoms with Crippen molar-refractivity contribution >= 4 is 22.4 Å². The number of amides is 1. The summed E-state index contributed by atoms with van der Waals surface area (Å²) in [6.07, 6.45) is 8.02. The van der Waals surface area contributed by atoms with E-state index in [0.29, 0.717) is 17.5 Å². The van der Waals surface area contributed by atoms with E-state index in [-0.39, 0.29) is 11.7 Å². The van der Waals surface area contributed by atoms with Gasteiger partial charge in [0.2, 0.25) is 5.91 Å². The lowest BCUT2D eigenvalue weighted by Crippen LogP contribution is -2.14. The van der Waals surface area contributed by atoms with Crippen molar-refractivity contribution in [3.63, 3.8) is 0 Å². The summed E-state index contributed by atoms with van der Waals surface area (Å²) in [5.74, 6) is 0.483. The van der Waals surface area contributed by atoms with Gasteiger partial charge in [0, 0.05) is 17.4 Å². The first-order valence-corrected chi connectivity index (χ1v) is 9.10. The van der Waals surface area contributed by atoms with E-state index in [1.54, 1.807) is 12.1 Å². The summed E-state index contributed by atoms with van der Waals surface area (Å²) < 4.78 is 12.9. The molecular formula is C18H21FN2OS. The van der Waals surface area contributed by atoms with Crippen molar-refractivity contribution in [1.82, 2.24) is 4.98 Å². The van der Waals surface area contributed by atoms with Crippen LogP contribution in [0.5, 0.6) is 0 Å². The predicted molar refractivity (Wildman–Crippen MR) is 91.9 cm³/mol. The number of nitrogens with one attached hydrogen (secondary N) is 1. The number of hydrogen-bond acceptors (Lipinski definition) is 3. The Balaban J connectivity index is 1.51. The zero-order valence-corrected chi connectivity index (χ0v) is 13.9. The third-order valence-electron chi connectivity index (χ3n) is 4.39. The van der Waals surface area contributed by atoms with Gasteiger partial charge in [-0.25, -0.2) is 9.37 Å². The molecule has 2 aromatic rings. The minimum atomic E-state index is -0.264. The molecule has 0 unspecified atom stereocenters. The minimum absolute atomic E-state index is 0.0376. The maximum absolute atomic E-state index is 12.9. The second-order valence-electron chi connectivity index (χ2n) is 6.14. The van der Waals surface area contributed by atoms with Crippen LogP contribution < -0.4 is 5.32 Å². The van der Waals surface area contributed by atoms with Crippen molar-refractivity contribution < 1.29 is 9.18 Å². The lowest BCUT2D eigenvalue weighted by atomic mass is 9.86. The van der Waals surface area contributed by atoms with Crippen LogP contribution in [0.3, 0.4) is 0 Å². The van der Waals surface area contributed by atoms with Crippen LogP contribution >= 0.6 is 11.3 Å². The zero-order chi connectivity index (χ0) is 16.1. The third kappa shape index (κ3) is 4.61. The summed E-state index contributed by atoms with van der Waals surface area (Å²) in [4.78, 5) is 16.5. The van der Waals surface area contributed by atoms with E-state index < -0.39 is 0 Å². The molecule has 1 aromatic heterocycles. The smallest absolute Gasteiger partial charge is 0.226 e. The van der Waals surface area contributed by atoms with Crippen LogP contribution in [0.15, 0.2) is 29.6 Å². The van der Waals surface area contributed by atoms with E-state index in [1.807, 2.05) is 5.38 Å². The summed E-state index contributed by atoms with van der Waals surface area (Å²) >= 11 is 1.40. The predicted octanol–water partition coefficient (Wildman–Crippen LogP) is 5.25. The lowest BCUT2D eigenvalue weighted by Gasteiger charge is -2.20. The van der Waals surface area contributed by atoms with Crippen molar-refractivity contribution in [2.24, 2.45) is 5.92 Å². The summed E-state index contributed by atoms with van der Waals surface area (Å²) in [6, 6.07) is 6.21. The number of hydrogen-bond donors (Lipinski definition) is 1. The molecule has 1 aromatic carbocycles. The Hall–Kier alpha value is -1.75. The van der Waals surface area contributed by atoms with Gasteiger partial charge in [0.25, 0.3) is 0 Å². The number of carbonyl (C=O) groups is 1. The minimum Gasteiger partial charge on any atom is -0.302 e. The molecular weight excluding hydrogens is 311 g/mol. The highest BCUT2D eigenvalue weighted by molar-refractivity contribution is 7.14. The fourth-order valence-corrected chi connectivity index (χ4v) is 3.81. The zero-order valence-electron chi connectivity index (χ0n) is 13.1. The van der Waals surface area contributed by atoms with Crippen LogP contribution in [-0.4, -0.2) is 10.9 Å². The molecule has 3 nitrogen and oxygen atoms in total. The third-order valence-corrected chi connectivity index (χ3v) is 5.15. The number of rotatable bonds is 5. The Labute approximate surface area is 140 Å². The highest BCUT2D eigenvalue weighted by atomic mass is 32.1. The van der Waals surface area contributed by atoms with Gasteiger partial charge in [-0.15, -0.1) is 11.3 Å². The number of benzene rings is 1. The first kappa shape index (κ1) is 16.1. The van der Waals surface area contributed by atoms with E-state index in [2.05, 4.69) is 10.3 Å². The molecule has 1 N–H and O–H groups in total. The molecule has 0 saturated heterocycles. The molecule has 5 heteroatoms. The largest absolute Gasteiger partial charge is 0.302 e. The van der Waals surface area contributed by atoms with E-state index in [9.17, 15) is 9.18 Å². The first-order valence-electron chi connectivity index (χ1n) is 8.22.